The summed E-state index contributed by atoms with van der Waals surface area (Å²) in [5.74, 6) is 0.0218. The molecule has 3 aromatic carbocycles. The molecular formula is C30H29NO4S. The van der Waals surface area contributed by atoms with Crippen LogP contribution in [0.2, 0.25) is 0 Å². The number of hydrogen-bond acceptors (Lipinski definition) is 5. The van der Waals surface area contributed by atoms with E-state index in [1.165, 1.54) is 24.0 Å². The SMILES string of the molecule is CCOc1ccc(-c2c(C)sc(NC(=O)c3ccccc3CCc3ccccc3)c2C(=O)OC)cc1. The standard InChI is InChI=1S/C30H29NO4S/c1-4-35-24-18-16-23(17-19-24)26-20(2)36-29(27(26)30(33)34-3)31-28(32)25-13-9-8-12-22(25)15-14-21-10-6-5-7-11-21/h5-13,16-19H,4,14-15H2,1-3H3,(H,31,32). The summed E-state index contributed by atoms with van der Waals surface area (Å²) < 4.78 is 10.7. The highest BCUT2D eigenvalue weighted by Gasteiger charge is 2.26. The Bertz CT molecular complexity index is 1340. The van der Waals surface area contributed by atoms with E-state index >= 15 is 0 Å². The number of esters is 1. The number of carbonyl (C=O) groups is 2. The Morgan fingerprint density at radius 3 is 2.28 bits per heavy atom. The molecule has 1 aromatic heterocycles. The highest BCUT2D eigenvalue weighted by atomic mass is 32.1. The summed E-state index contributed by atoms with van der Waals surface area (Å²) in [6.07, 6.45) is 1.57. The van der Waals surface area contributed by atoms with Crippen molar-refractivity contribution in [3.63, 3.8) is 0 Å². The van der Waals surface area contributed by atoms with E-state index in [2.05, 4.69) is 17.4 Å². The first kappa shape index (κ1) is 25.2. The number of amides is 1. The number of thiophene rings is 1. The Labute approximate surface area is 215 Å². The van der Waals surface area contributed by atoms with Crippen molar-refractivity contribution in [2.45, 2.75) is 26.7 Å². The van der Waals surface area contributed by atoms with E-state index in [1.54, 1.807) is 0 Å². The minimum absolute atomic E-state index is 0.247. The van der Waals surface area contributed by atoms with E-state index in [9.17, 15) is 9.59 Å². The number of benzene rings is 3. The van der Waals surface area contributed by atoms with E-state index in [0.29, 0.717) is 22.7 Å². The Morgan fingerprint density at radius 1 is 0.889 bits per heavy atom. The average Bonchev–Trinajstić information content (AvgIpc) is 3.23. The van der Waals surface area contributed by atoms with Gasteiger partial charge in [0.15, 0.2) is 0 Å². The van der Waals surface area contributed by atoms with Gasteiger partial charge in [0.25, 0.3) is 5.91 Å². The van der Waals surface area contributed by atoms with Crippen LogP contribution in [0.1, 0.15) is 43.6 Å². The quantitative estimate of drug-likeness (QED) is 0.253. The van der Waals surface area contributed by atoms with Gasteiger partial charge in [0, 0.05) is 16.0 Å². The van der Waals surface area contributed by atoms with Crippen LogP contribution in [0.15, 0.2) is 78.9 Å². The first-order valence-corrected chi connectivity index (χ1v) is 12.7. The van der Waals surface area contributed by atoms with Crippen molar-refractivity contribution in [2.75, 3.05) is 19.0 Å². The number of hydrogen-bond donors (Lipinski definition) is 1. The highest BCUT2D eigenvalue weighted by Crippen LogP contribution is 2.41. The molecule has 0 atom stereocenters. The van der Waals surface area contributed by atoms with E-state index in [4.69, 9.17) is 9.47 Å². The lowest BCUT2D eigenvalue weighted by molar-refractivity contribution is 0.0603. The molecule has 0 saturated heterocycles. The molecule has 1 heterocycles. The maximum absolute atomic E-state index is 13.4. The van der Waals surface area contributed by atoms with Gasteiger partial charge in [-0.05, 0) is 61.6 Å². The zero-order valence-corrected chi connectivity index (χ0v) is 21.5. The number of rotatable bonds is 9. The van der Waals surface area contributed by atoms with Gasteiger partial charge >= 0.3 is 5.97 Å². The van der Waals surface area contributed by atoms with Crippen molar-refractivity contribution in [1.82, 2.24) is 0 Å². The lowest BCUT2D eigenvalue weighted by Gasteiger charge is -2.11. The molecular weight excluding hydrogens is 470 g/mol. The van der Waals surface area contributed by atoms with Crippen LogP contribution in [0.25, 0.3) is 11.1 Å². The van der Waals surface area contributed by atoms with E-state index in [1.807, 2.05) is 80.6 Å². The van der Waals surface area contributed by atoms with Crippen molar-refractivity contribution in [2.24, 2.45) is 0 Å². The monoisotopic (exact) mass is 499 g/mol. The Morgan fingerprint density at radius 2 is 1.58 bits per heavy atom. The number of ether oxygens (including phenoxy) is 2. The molecule has 1 N–H and O–H groups in total. The number of nitrogens with one attached hydrogen (secondary N) is 1. The summed E-state index contributed by atoms with van der Waals surface area (Å²) in [6.45, 7) is 4.45. The maximum atomic E-state index is 13.4. The first-order chi connectivity index (χ1) is 17.5. The summed E-state index contributed by atoms with van der Waals surface area (Å²) in [5, 5.41) is 3.48. The lowest BCUT2D eigenvalue weighted by Crippen LogP contribution is -2.16. The topological polar surface area (TPSA) is 64.6 Å². The maximum Gasteiger partial charge on any atom is 0.341 e. The Balaban J connectivity index is 1.63. The predicted molar refractivity (Wildman–Crippen MR) is 145 cm³/mol. The second-order valence-electron chi connectivity index (χ2n) is 8.28. The highest BCUT2D eigenvalue weighted by molar-refractivity contribution is 7.17. The third kappa shape index (κ3) is 5.66. The fourth-order valence-electron chi connectivity index (χ4n) is 4.22. The van der Waals surface area contributed by atoms with Gasteiger partial charge in [0.05, 0.1) is 13.7 Å². The molecule has 0 unspecified atom stereocenters. The summed E-state index contributed by atoms with van der Waals surface area (Å²) in [7, 11) is 1.35. The van der Waals surface area contributed by atoms with Crippen molar-refractivity contribution in [1.29, 1.82) is 0 Å². The van der Waals surface area contributed by atoms with E-state index in [-0.39, 0.29) is 5.91 Å². The minimum atomic E-state index is -0.490. The molecule has 0 aliphatic heterocycles. The summed E-state index contributed by atoms with van der Waals surface area (Å²) in [5.41, 5.74) is 4.74. The number of carbonyl (C=O) groups excluding carboxylic acids is 2. The largest absolute Gasteiger partial charge is 0.494 e. The van der Waals surface area contributed by atoms with Crippen LogP contribution in [0, 0.1) is 6.92 Å². The summed E-state index contributed by atoms with van der Waals surface area (Å²) >= 11 is 1.37. The van der Waals surface area contributed by atoms with Crippen LogP contribution in [-0.4, -0.2) is 25.6 Å². The van der Waals surface area contributed by atoms with Gasteiger partial charge in [-0.1, -0.05) is 60.7 Å². The van der Waals surface area contributed by atoms with Gasteiger partial charge < -0.3 is 14.8 Å². The van der Waals surface area contributed by atoms with Gasteiger partial charge in [-0.3, -0.25) is 4.79 Å². The zero-order chi connectivity index (χ0) is 25.5. The molecule has 0 aliphatic rings. The minimum Gasteiger partial charge on any atom is -0.494 e. The molecule has 4 aromatic rings. The normalized spacial score (nSPS) is 10.6. The van der Waals surface area contributed by atoms with Crippen LogP contribution < -0.4 is 10.1 Å². The third-order valence-electron chi connectivity index (χ3n) is 5.94. The third-order valence-corrected chi connectivity index (χ3v) is 6.96. The smallest absolute Gasteiger partial charge is 0.341 e. The molecule has 0 spiro atoms. The van der Waals surface area contributed by atoms with Crippen LogP contribution in [0.5, 0.6) is 5.75 Å². The van der Waals surface area contributed by atoms with Crippen LogP contribution in [-0.2, 0) is 17.6 Å². The molecule has 4 rings (SSSR count). The van der Waals surface area contributed by atoms with Crippen LogP contribution >= 0.6 is 11.3 Å². The zero-order valence-electron chi connectivity index (χ0n) is 20.7. The van der Waals surface area contributed by atoms with Crippen molar-refractivity contribution in [3.8, 4) is 16.9 Å². The van der Waals surface area contributed by atoms with Crippen LogP contribution in [0.4, 0.5) is 5.00 Å². The molecule has 0 saturated carbocycles. The van der Waals surface area contributed by atoms with Gasteiger partial charge in [-0.2, -0.15) is 0 Å². The number of methoxy groups -OCH3 is 1. The van der Waals surface area contributed by atoms with E-state index in [0.717, 1.165) is 40.2 Å². The predicted octanol–water partition coefficient (Wildman–Crippen LogP) is 6.95. The Kier molecular flexibility index (Phi) is 8.18. The van der Waals surface area contributed by atoms with Gasteiger partial charge in [-0.25, -0.2) is 4.79 Å². The average molecular weight is 500 g/mol. The fourth-order valence-corrected chi connectivity index (χ4v) is 5.27. The first-order valence-electron chi connectivity index (χ1n) is 11.9. The van der Waals surface area contributed by atoms with Crippen LogP contribution in [0.3, 0.4) is 0 Å². The molecule has 5 nitrogen and oxygen atoms in total. The van der Waals surface area contributed by atoms with Crippen molar-refractivity contribution < 1.29 is 19.1 Å². The lowest BCUT2D eigenvalue weighted by atomic mass is 9.99. The van der Waals surface area contributed by atoms with Crippen molar-refractivity contribution in [3.05, 3.63) is 106 Å². The summed E-state index contributed by atoms with van der Waals surface area (Å²) in [6, 6.07) is 25.4. The second kappa shape index (κ2) is 11.7. The fraction of sp³-hybridized carbons (Fsp3) is 0.200. The Hall–Kier alpha value is -3.90. The molecule has 0 radical (unpaired) electrons. The molecule has 0 aliphatic carbocycles. The molecule has 6 heteroatoms. The molecule has 1 amide bonds. The molecule has 0 bridgehead atoms. The number of anilines is 1. The molecule has 0 fully saturated rings. The molecule has 184 valence electrons. The van der Waals surface area contributed by atoms with Gasteiger partial charge in [-0.15, -0.1) is 11.3 Å². The number of aryl methyl sites for hydroxylation is 3. The van der Waals surface area contributed by atoms with E-state index < -0.39 is 5.97 Å². The summed E-state index contributed by atoms with van der Waals surface area (Å²) in [4.78, 5) is 27.2. The van der Waals surface area contributed by atoms with Gasteiger partial charge in [0.1, 0.15) is 16.3 Å². The molecule has 36 heavy (non-hydrogen) atoms. The second-order valence-corrected chi connectivity index (χ2v) is 9.51. The van der Waals surface area contributed by atoms with Crippen molar-refractivity contribution >= 4 is 28.2 Å². The van der Waals surface area contributed by atoms with Gasteiger partial charge in [0.2, 0.25) is 0 Å².